The molecule has 0 heterocycles. The van der Waals surface area contributed by atoms with E-state index in [0.29, 0.717) is 0 Å². The van der Waals surface area contributed by atoms with Gasteiger partial charge in [-0.25, -0.2) is 0 Å². The maximum atomic E-state index is 0. The van der Waals surface area contributed by atoms with Crippen molar-refractivity contribution in [1.29, 1.82) is 0 Å². The van der Waals surface area contributed by atoms with Crippen LogP contribution in [-0.2, 0) is 278 Å². The molecule has 75 valence electrons. The molecule has 0 unspecified atom stereocenters. The molecule has 0 spiro atoms. The van der Waals surface area contributed by atoms with E-state index in [1.807, 2.05) is 0 Å². The molecule has 0 saturated carbocycles. The number of hydrogen-bond donors (Lipinski definition) is 0. The summed E-state index contributed by atoms with van der Waals surface area (Å²) < 4.78 is 0. The van der Waals surface area contributed by atoms with Crippen LogP contribution in [0.15, 0.2) is 0 Å². The summed E-state index contributed by atoms with van der Waals surface area (Å²) in [6.45, 7) is 0. The fourth-order valence-corrected chi connectivity index (χ4v) is 0. The van der Waals surface area contributed by atoms with E-state index in [-0.39, 0.29) is 278 Å². The fourth-order valence-electron chi connectivity index (χ4n) is 0. The molecule has 0 aliphatic rings. The molecular formula is V15. The van der Waals surface area contributed by atoms with Gasteiger partial charge in [0.15, 0.2) is 0 Å². The zero-order valence-electron chi connectivity index (χ0n) is 6.71. The third-order valence-corrected chi connectivity index (χ3v) is 0. The first-order valence-corrected chi connectivity index (χ1v) is 0. The van der Waals surface area contributed by atoms with Crippen molar-refractivity contribution in [2.75, 3.05) is 0 Å². The van der Waals surface area contributed by atoms with Gasteiger partial charge < -0.3 is 0 Å². The molecule has 0 aliphatic carbocycles. The Bertz CT molecular complexity index is 0. The van der Waals surface area contributed by atoms with Crippen molar-refractivity contribution in [3.63, 3.8) is 0 Å². The van der Waals surface area contributed by atoms with Crippen molar-refractivity contribution in [3.05, 3.63) is 0 Å². The molecule has 15 radical (unpaired) electrons. The Kier molecular flexibility index (Phi) is 1500. The third kappa shape index (κ3) is 128. The molecule has 0 aromatic heterocycles. The monoisotopic (exact) mass is 764 g/mol. The predicted molar refractivity (Wildman–Crippen MR) is 0 cm³/mol. The van der Waals surface area contributed by atoms with Crippen LogP contribution in [0.4, 0.5) is 0 Å². The van der Waals surface area contributed by atoms with Gasteiger partial charge in [0.05, 0.1) is 0 Å². The van der Waals surface area contributed by atoms with Gasteiger partial charge >= 0.3 is 0 Å². The fraction of sp³-hybridized carbons (Fsp3) is 0. The second-order valence-corrected chi connectivity index (χ2v) is 0. The average molecular weight is 764 g/mol. The summed E-state index contributed by atoms with van der Waals surface area (Å²) in [5, 5.41) is 0. The van der Waals surface area contributed by atoms with Crippen LogP contribution in [0.3, 0.4) is 0 Å². The van der Waals surface area contributed by atoms with E-state index in [2.05, 4.69) is 0 Å². The predicted octanol–water partition coefficient (Wildman–Crippen LogP) is -0.0375. The Morgan fingerprint density at radius 1 is 0.0667 bits per heavy atom. The normalized spacial score (nSPS) is 0. The minimum absolute atomic E-state index is 0. The molecule has 0 aliphatic heterocycles. The molecule has 0 rings (SSSR count). The molecular weight excluding hydrogens is 764 g/mol. The molecule has 15 heavy (non-hydrogen) atoms. The topological polar surface area (TPSA) is 0 Å². The van der Waals surface area contributed by atoms with E-state index in [1.54, 1.807) is 0 Å². The number of hydrogen-bond acceptors (Lipinski definition) is 0. The molecule has 0 fully saturated rings. The first-order valence-electron chi connectivity index (χ1n) is 0. The second kappa shape index (κ2) is 140. The van der Waals surface area contributed by atoms with Crippen LogP contribution < -0.4 is 0 Å². The van der Waals surface area contributed by atoms with Gasteiger partial charge in [-0.3, -0.25) is 0 Å². The summed E-state index contributed by atoms with van der Waals surface area (Å²) in [6.07, 6.45) is 0. The van der Waals surface area contributed by atoms with Crippen LogP contribution >= 0.6 is 0 Å². The van der Waals surface area contributed by atoms with Crippen molar-refractivity contribution < 1.29 is 278 Å². The van der Waals surface area contributed by atoms with Crippen LogP contribution in [0.5, 0.6) is 0 Å². The zero-order chi connectivity index (χ0) is 0. The van der Waals surface area contributed by atoms with E-state index < -0.39 is 0 Å². The van der Waals surface area contributed by atoms with E-state index in [4.69, 9.17) is 0 Å². The Hall–Kier alpha value is 8.77. The molecule has 0 N–H and O–H groups in total. The van der Waals surface area contributed by atoms with Gasteiger partial charge in [-0.2, -0.15) is 0 Å². The summed E-state index contributed by atoms with van der Waals surface area (Å²) in [6, 6.07) is 0. The van der Waals surface area contributed by atoms with Gasteiger partial charge in [0, 0.05) is 278 Å². The summed E-state index contributed by atoms with van der Waals surface area (Å²) in [5.74, 6) is 0. The van der Waals surface area contributed by atoms with Crippen molar-refractivity contribution in [2.45, 2.75) is 0 Å². The van der Waals surface area contributed by atoms with Crippen LogP contribution in [0, 0.1) is 0 Å². The molecule has 0 nitrogen and oxygen atoms in total. The molecule has 0 aromatic carbocycles. The molecule has 15 heteroatoms. The third-order valence-electron chi connectivity index (χ3n) is 0. The maximum Gasteiger partial charge on any atom is 0 e. The van der Waals surface area contributed by atoms with Gasteiger partial charge in [0.2, 0.25) is 0 Å². The summed E-state index contributed by atoms with van der Waals surface area (Å²) >= 11 is 0. The Labute approximate surface area is 271 Å². The summed E-state index contributed by atoms with van der Waals surface area (Å²) in [5.41, 5.74) is 0. The van der Waals surface area contributed by atoms with Crippen molar-refractivity contribution >= 4 is 0 Å². The SMILES string of the molecule is [V].[V].[V].[V].[V].[V].[V].[V].[V].[V].[V].[V].[V].[V].[V]. The zero-order valence-corrected chi connectivity index (χ0v) is 27.7. The van der Waals surface area contributed by atoms with Crippen molar-refractivity contribution in [1.82, 2.24) is 0 Å². The molecule has 0 atom stereocenters. The molecule has 0 aromatic rings. The summed E-state index contributed by atoms with van der Waals surface area (Å²) in [7, 11) is 0. The van der Waals surface area contributed by atoms with E-state index in [0.717, 1.165) is 0 Å². The molecule has 0 saturated heterocycles. The van der Waals surface area contributed by atoms with Gasteiger partial charge in [-0.05, 0) is 0 Å². The Balaban J connectivity index is 0. The van der Waals surface area contributed by atoms with E-state index in [1.165, 1.54) is 0 Å². The van der Waals surface area contributed by atoms with E-state index in [9.17, 15) is 0 Å². The Morgan fingerprint density at radius 2 is 0.0667 bits per heavy atom. The Morgan fingerprint density at radius 3 is 0.0667 bits per heavy atom. The van der Waals surface area contributed by atoms with Gasteiger partial charge in [0.25, 0.3) is 0 Å². The first-order chi connectivity index (χ1) is 0. The minimum Gasteiger partial charge on any atom is 0 e. The smallest absolute Gasteiger partial charge is 0 e. The molecule has 0 amide bonds. The van der Waals surface area contributed by atoms with Crippen LogP contribution in [0.1, 0.15) is 0 Å². The average Bonchev–Trinajstić information content (AvgIpc) is 0. The summed E-state index contributed by atoms with van der Waals surface area (Å²) in [4.78, 5) is 0. The van der Waals surface area contributed by atoms with Gasteiger partial charge in [0.1, 0.15) is 0 Å². The first kappa shape index (κ1) is 160. The van der Waals surface area contributed by atoms with Gasteiger partial charge in [-0.1, -0.05) is 0 Å². The largest absolute Gasteiger partial charge is 0 e. The van der Waals surface area contributed by atoms with Crippen molar-refractivity contribution in [2.24, 2.45) is 0 Å². The van der Waals surface area contributed by atoms with E-state index >= 15 is 0 Å². The van der Waals surface area contributed by atoms with Crippen molar-refractivity contribution in [3.8, 4) is 0 Å². The quantitative estimate of drug-likeness (QED) is 0.326. The standard InChI is InChI=1S/15V. The minimum atomic E-state index is 0. The maximum absolute atomic E-state index is 0. The van der Waals surface area contributed by atoms with Gasteiger partial charge in [-0.15, -0.1) is 0 Å². The van der Waals surface area contributed by atoms with Crippen LogP contribution in [0.25, 0.3) is 0 Å². The van der Waals surface area contributed by atoms with Crippen LogP contribution in [0.2, 0.25) is 0 Å². The molecule has 0 bridgehead atoms. The second-order valence-electron chi connectivity index (χ2n) is 0. The number of rotatable bonds is 0. The van der Waals surface area contributed by atoms with Crippen LogP contribution in [-0.4, -0.2) is 0 Å².